The highest BCUT2D eigenvalue weighted by Gasteiger charge is 2.38. The summed E-state index contributed by atoms with van der Waals surface area (Å²) in [4.78, 5) is 9.34. The second-order valence-electron chi connectivity index (χ2n) is 9.85. The number of nitrogens with two attached hydrogens (primary N) is 1. The van der Waals surface area contributed by atoms with Gasteiger partial charge >= 0.3 is 0 Å². The van der Waals surface area contributed by atoms with E-state index in [-0.39, 0.29) is 5.92 Å². The third-order valence-electron chi connectivity index (χ3n) is 5.56. The number of aromatic nitrogens is 3. The molecule has 1 fully saturated rings. The summed E-state index contributed by atoms with van der Waals surface area (Å²) in [5, 5.41) is 5.72. The first-order chi connectivity index (χ1) is 13.1. The van der Waals surface area contributed by atoms with E-state index in [4.69, 9.17) is 14.9 Å². The highest BCUT2D eigenvalue weighted by molar-refractivity contribution is 7.84. The van der Waals surface area contributed by atoms with Gasteiger partial charge in [0.1, 0.15) is 6.73 Å². The van der Waals surface area contributed by atoms with Crippen molar-refractivity contribution in [2.45, 2.75) is 76.2 Å². The molecule has 2 N–H and O–H groups in total. The number of rotatable bonds is 10. The number of imidazole rings is 1. The molecule has 0 saturated heterocycles. The summed E-state index contributed by atoms with van der Waals surface area (Å²) < 4.78 is 19.4. The van der Waals surface area contributed by atoms with Crippen molar-refractivity contribution in [1.82, 2.24) is 14.5 Å². The summed E-state index contributed by atoms with van der Waals surface area (Å²) in [5.74, 6) is 0.893. The zero-order valence-corrected chi connectivity index (χ0v) is 19.6. The number of nitrogens with zero attached hydrogens (tertiary/aromatic N) is 3. The molecule has 2 aromatic rings. The zero-order valence-electron chi connectivity index (χ0n) is 17.8. The van der Waals surface area contributed by atoms with Crippen LogP contribution in [0, 0.1) is 5.92 Å². The molecule has 0 radical (unpaired) electrons. The van der Waals surface area contributed by atoms with Gasteiger partial charge in [-0.15, -0.1) is 0 Å². The Bertz CT molecular complexity index is 842. The summed E-state index contributed by atoms with van der Waals surface area (Å²) in [6.45, 7) is 12.3. The Balaban J connectivity index is 1.72. The van der Waals surface area contributed by atoms with Crippen LogP contribution in [0.4, 0.5) is 0 Å². The van der Waals surface area contributed by atoms with Gasteiger partial charge in [0.05, 0.1) is 27.6 Å². The summed E-state index contributed by atoms with van der Waals surface area (Å²) in [6, 6.07) is 5.35. The van der Waals surface area contributed by atoms with Crippen LogP contribution in [0.1, 0.15) is 44.7 Å². The maximum atomic E-state index is 11.9. The Morgan fingerprint density at radius 2 is 2.07 bits per heavy atom. The van der Waals surface area contributed by atoms with E-state index in [9.17, 15) is 4.21 Å². The molecule has 0 aliphatic heterocycles. The van der Waals surface area contributed by atoms with Crippen LogP contribution in [0.25, 0.3) is 11.2 Å². The van der Waals surface area contributed by atoms with Crippen LogP contribution in [0.5, 0.6) is 0 Å². The van der Waals surface area contributed by atoms with Crippen molar-refractivity contribution in [1.29, 1.82) is 0 Å². The largest absolute Gasteiger partial charge is 0.361 e. The van der Waals surface area contributed by atoms with Crippen molar-refractivity contribution in [3.63, 3.8) is 0 Å². The number of hydrogen-bond donors (Lipinski definition) is 1. The minimum absolute atomic E-state index is 0.282. The Kier molecular flexibility index (Phi) is 6.43. The minimum atomic E-state index is -1.35. The van der Waals surface area contributed by atoms with Gasteiger partial charge in [0, 0.05) is 26.3 Å². The lowest BCUT2D eigenvalue weighted by molar-refractivity contribution is 0.0898. The Morgan fingerprint density at radius 3 is 2.68 bits per heavy atom. The molecule has 8 heteroatoms. The van der Waals surface area contributed by atoms with E-state index in [1.807, 2.05) is 18.4 Å². The van der Waals surface area contributed by atoms with Crippen LogP contribution in [0.2, 0.25) is 25.7 Å². The van der Waals surface area contributed by atoms with E-state index in [1.165, 1.54) is 12.8 Å². The summed E-state index contributed by atoms with van der Waals surface area (Å²) in [6.07, 6.45) is 4.99. The smallest absolute Gasteiger partial charge is 0.177 e. The lowest BCUT2D eigenvalue weighted by atomic mass is 9.89. The second kappa shape index (κ2) is 8.34. The number of pyridine rings is 1. The van der Waals surface area contributed by atoms with Gasteiger partial charge in [0.25, 0.3) is 0 Å². The molecule has 2 aromatic heterocycles. The zero-order chi connectivity index (χ0) is 20.5. The van der Waals surface area contributed by atoms with Crippen molar-refractivity contribution in [3.05, 3.63) is 24.2 Å². The van der Waals surface area contributed by atoms with Crippen molar-refractivity contribution < 1.29 is 8.95 Å². The Hall–Kier alpha value is -1.09. The van der Waals surface area contributed by atoms with Crippen LogP contribution in [0.3, 0.4) is 0 Å². The van der Waals surface area contributed by atoms with Crippen molar-refractivity contribution >= 4 is 30.2 Å². The van der Waals surface area contributed by atoms with Crippen molar-refractivity contribution in [2.75, 3.05) is 6.61 Å². The fraction of sp³-hybridized carbons (Fsp3) is 0.700. The predicted molar refractivity (Wildman–Crippen MR) is 118 cm³/mol. The third-order valence-corrected chi connectivity index (χ3v) is 8.52. The summed E-state index contributed by atoms with van der Waals surface area (Å²) in [5.41, 5.74) is 2.79. The molecule has 0 aromatic carbocycles. The first-order valence-electron chi connectivity index (χ1n) is 10.1. The van der Waals surface area contributed by atoms with Crippen molar-refractivity contribution in [3.8, 4) is 0 Å². The quantitative estimate of drug-likeness (QED) is 0.463. The van der Waals surface area contributed by atoms with Crippen LogP contribution in [-0.2, 0) is 22.5 Å². The minimum Gasteiger partial charge on any atom is -0.361 e. The molecule has 28 heavy (non-hydrogen) atoms. The second-order valence-corrected chi connectivity index (χ2v) is 17.2. The summed E-state index contributed by atoms with van der Waals surface area (Å²) in [7, 11) is -2.43. The van der Waals surface area contributed by atoms with E-state index in [2.05, 4.69) is 36.8 Å². The molecule has 1 aliphatic rings. The van der Waals surface area contributed by atoms with Crippen LogP contribution >= 0.6 is 0 Å². The average molecular weight is 423 g/mol. The van der Waals surface area contributed by atoms with Gasteiger partial charge < -0.3 is 9.30 Å². The van der Waals surface area contributed by atoms with Gasteiger partial charge in [-0.3, -0.25) is 5.14 Å². The third kappa shape index (κ3) is 5.49. The standard InChI is InChI=1S/C20H34N4O2SSi/c1-20(2,27(21)25)12-16(15-6-7-15)17-8-9-18-19(23-17)22-13-24(18)14-26-10-11-28(3,4)5/h8-9,13,15-16H,6-7,10-12,14,21H2,1-5H3/t16-,27?/m1/s1. The fourth-order valence-corrected chi connectivity index (χ4v) is 4.54. The molecule has 2 atom stereocenters. The molecule has 156 valence electrons. The topological polar surface area (TPSA) is 83.0 Å². The first-order valence-corrected chi connectivity index (χ1v) is 15.0. The van der Waals surface area contributed by atoms with Gasteiger partial charge in [-0.2, -0.15) is 0 Å². The molecule has 0 spiro atoms. The molecule has 2 heterocycles. The average Bonchev–Trinajstić information content (AvgIpc) is 3.36. The van der Waals surface area contributed by atoms with E-state index in [0.717, 1.165) is 35.9 Å². The van der Waals surface area contributed by atoms with Crippen LogP contribution in [0.15, 0.2) is 18.5 Å². The SMILES string of the molecule is CC(C)(C[C@@H](c1ccc2c(ncn2COCC[Si](C)(C)C)n1)C1CC1)S(N)=O. The molecular formula is C20H34N4O2SSi. The van der Waals surface area contributed by atoms with Gasteiger partial charge in [0.2, 0.25) is 0 Å². The van der Waals surface area contributed by atoms with Crippen LogP contribution in [-0.4, -0.2) is 38.2 Å². The van der Waals surface area contributed by atoms with Crippen molar-refractivity contribution in [2.24, 2.45) is 11.1 Å². The lowest BCUT2D eigenvalue weighted by Crippen LogP contribution is -2.34. The predicted octanol–water partition coefficient (Wildman–Crippen LogP) is 4.03. The van der Waals surface area contributed by atoms with Gasteiger partial charge in [0.15, 0.2) is 5.65 Å². The van der Waals surface area contributed by atoms with E-state index < -0.39 is 23.8 Å². The first kappa shape index (κ1) is 21.6. The Labute approximate surface area is 171 Å². The molecule has 1 aliphatic carbocycles. The van der Waals surface area contributed by atoms with E-state index in [1.54, 1.807) is 6.33 Å². The van der Waals surface area contributed by atoms with Crippen LogP contribution < -0.4 is 5.14 Å². The lowest BCUT2D eigenvalue weighted by Gasteiger charge is -2.27. The number of ether oxygens (including phenoxy) is 1. The highest BCUT2D eigenvalue weighted by atomic mass is 32.2. The molecule has 0 amide bonds. The fourth-order valence-electron chi connectivity index (χ4n) is 3.44. The van der Waals surface area contributed by atoms with E-state index in [0.29, 0.717) is 12.6 Å². The maximum absolute atomic E-state index is 11.9. The molecule has 3 rings (SSSR count). The summed E-state index contributed by atoms with van der Waals surface area (Å²) >= 11 is 0. The highest BCUT2D eigenvalue weighted by Crippen LogP contribution is 2.46. The van der Waals surface area contributed by atoms with Gasteiger partial charge in [-0.1, -0.05) is 19.6 Å². The van der Waals surface area contributed by atoms with Gasteiger partial charge in [-0.05, 0) is 57.2 Å². The molecule has 1 saturated carbocycles. The normalized spacial score (nSPS) is 17.8. The molecular weight excluding hydrogens is 388 g/mol. The molecule has 6 nitrogen and oxygen atoms in total. The maximum Gasteiger partial charge on any atom is 0.177 e. The van der Waals surface area contributed by atoms with E-state index >= 15 is 0 Å². The monoisotopic (exact) mass is 422 g/mol. The number of hydrogen-bond acceptors (Lipinski definition) is 4. The molecule has 1 unspecified atom stereocenters. The Morgan fingerprint density at radius 1 is 1.36 bits per heavy atom. The number of fused-ring (bicyclic) bond motifs is 1. The molecule has 0 bridgehead atoms. The van der Waals surface area contributed by atoms with Gasteiger partial charge in [-0.25, -0.2) is 14.2 Å².